The fourth-order valence-electron chi connectivity index (χ4n) is 6.87. The summed E-state index contributed by atoms with van der Waals surface area (Å²) in [5.74, 6) is -0.268. The Morgan fingerprint density at radius 2 is 1.16 bits per heavy atom. The van der Waals surface area contributed by atoms with Gasteiger partial charge in [-0.15, -0.1) is 0 Å². The van der Waals surface area contributed by atoms with Gasteiger partial charge in [0.05, 0.1) is 12.2 Å². The zero-order valence-electron chi connectivity index (χ0n) is 32.3. The standard InChI is InChI=1S/C42H76O8/c1-4-5-19-25-35(43)29-30-38-37(39(45)31-40(38)46)26-21-17-18-23-28-42(48)50-33-36(44)32-49-41(47)27-22-16-14-12-10-8-6-7-9-11-13-15-20-24-34(2)3/h29-30,34-38,40,43-44,46H,4-28,31-33H2,1-3H3/b30-29+/t35-,36-,37+,38+,40+/m0/s1. The summed E-state index contributed by atoms with van der Waals surface area (Å²) < 4.78 is 10.3. The highest BCUT2D eigenvalue weighted by molar-refractivity contribution is 5.84. The Bertz CT molecular complexity index is 887. The molecule has 0 aromatic heterocycles. The van der Waals surface area contributed by atoms with Gasteiger partial charge in [0, 0.05) is 31.1 Å². The molecule has 1 aliphatic rings. The van der Waals surface area contributed by atoms with Gasteiger partial charge >= 0.3 is 11.9 Å². The summed E-state index contributed by atoms with van der Waals surface area (Å²) in [6, 6.07) is 0. The third kappa shape index (κ3) is 25.2. The predicted molar refractivity (Wildman–Crippen MR) is 202 cm³/mol. The summed E-state index contributed by atoms with van der Waals surface area (Å²) in [5, 5.41) is 30.6. The molecular formula is C42H76O8. The number of ketones is 1. The first-order chi connectivity index (χ1) is 24.1. The van der Waals surface area contributed by atoms with E-state index in [4.69, 9.17) is 9.47 Å². The minimum atomic E-state index is -1.04. The second-order valence-corrected chi connectivity index (χ2v) is 15.4. The first kappa shape index (κ1) is 46.3. The molecule has 1 rings (SSSR count). The van der Waals surface area contributed by atoms with Crippen LogP contribution in [-0.2, 0) is 23.9 Å². The van der Waals surface area contributed by atoms with Gasteiger partial charge in [-0.25, -0.2) is 0 Å². The van der Waals surface area contributed by atoms with E-state index in [0.29, 0.717) is 25.7 Å². The van der Waals surface area contributed by atoms with Crippen molar-refractivity contribution in [3.63, 3.8) is 0 Å². The maximum atomic E-state index is 12.5. The number of aliphatic hydroxyl groups is 3. The molecule has 5 atom stereocenters. The first-order valence-electron chi connectivity index (χ1n) is 20.7. The van der Waals surface area contributed by atoms with Gasteiger partial charge in [-0.1, -0.05) is 155 Å². The normalized spacial score (nSPS) is 19.0. The molecule has 8 heteroatoms. The van der Waals surface area contributed by atoms with E-state index in [1.807, 2.05) is 6.08 Å². The Kier molecular flexibility index (Phi) is 28.5. The highest BCUT2D eigenvalue weighted by Gasteiger charge is 2.39. The van der Waals surface area contributed by atoms with E-state index >= 15 is 0 Å². The van der Waals surface area contributed by atoms with E-state index in [0.717, 1.165) is 63.7 Å². The van der Waals surface area contributed by atoms with E-state index in [9.17, 15) is 29.7 Å². The Morgan fingerprint density at radius 1 is 0.700 bits per heavy atom. The van der Waals surface area contributed by atoms with Gasteiger partial charge < -0.3 is 24.8 Å². The maximum absolute atomic E-state index is 12.5. The fraction of sp³-hybridized carbons (Fsp3) is 0.881. The van der Waals surface area contributed by atoms with Crippen LogP contribution in [-0.4, -0.2) is 64.6 Å². The van der Waals surface area contributed by atoms with Crippen molar-refractivity contribution in [3.8, 4) is 0 Å². The van der Waals surface area contributed by atoms with Crippen LogP contribution in [0.4, 0.5) is 0 Å². The molecule has 0 spiro atoms. The lowest BCUT2D eigenvalue weighted by molar-refractivity contribution is -0.152. The van der Waals surface area contributed by atoms with Gasteiger partial charge in [-0.2, -0.15) is 0 Å². The van der Waals surface area contributed by atoms with Crippen LogP contribution >= 0.6 is 0 Å². The van der Waals surface area contributed by atoms with E-state index in [1.165, 1.54) is 70.6 Å². The molecule has 0 heterocycles. The number of esters is 2. The molecule has 3 N–H and O–H groups in total. The minimum absolute atomic E-state index is 0.0836. The Labute approximate surface area is 305 Å². The maximum Gasteiger partial charge on any atom is 0.305 e. The molecule has 1 saturated carbocycles. The monoisotopic (exact) mass is 709 g/mol. The minimum Gasteiger partial charge on any atom is -0.463 e. The van der Waals surface area contributed by atoms with Crippen molar-refractivity contribution < 1.29 is 39.2 Å². The molecule has 50 heavy (non-hydrogen) atoms. The summed E-state index contributed by atoms with van der Waals surface area (Å²) in [5.41, 5.74) is 0. The third-order valence-corrected chi connectivity index (χ3v) is 10.1. The van der Waals surface area contributed by atoms with Crippen molar-refractivity contribution in [2.24, 2.45) is 17.8 Å². The lowest BCUT2D eigenvalue weighted by Gasteiger charge is -2.18. The van der Waals surface area contributed by atoms with Crippen molar-refractivity contribution in [1.29, 1.82) is 0 Å². The topological polar surface area (TPSA) is 130 Å². The molecule has 0 bridgehead atoms. The summed E-state index contributed by atoms with van der Waals surface area (Å²) >= 11 is 0. The van der Waals surface area contributed by atoms with Crippen LogP contribution in [0.25, 0.3) is 0 Å². The molecule has 8 nitrogen and oxygen atoms in total. The third-order valence-electron chi connectivity index (χ3n) is 10.1. The second kappa shape index (κ2) is 30.8. The quantitative estimate of drug-likeness (QED) is 0.0349. The zero-order valence-corrected chi connectivity index (χ0v) is 32.3. The number of rotatable bonds is 33. The molecule has 0 amide bonds. The number of hydrogen-bond acceptors (Lipinski definition) is 8. The number of unbranched alkanes of at least 4 members (excludes halogenated alkanes) is 17. The SMILES string of the molecule is CCCCC[C@H](O)/C=C/[C@H]1[C@H](O)CC(=O)[C@@H]1CCCCCCC(=O)OC[C@@H](O)COC(=O)CCCCCCCCCCCCCCCC(C)C. The number of carbonyl (C=O) groups excluding carboxylic acids is 3. The van der Waals surface area contributed by atoms with Crippen LogP contribution in [0, 0.1) is 17.8 Å². The lowest BCUT2D eigenvalue weighted by Crippen LogP contribution is -2.25. The number of Topliss-reactive ketones (excluding diaryl/α,β-unsaturated/α-hetero) is 1. The van der Waals surface area contributed by atoms with Crippen molar-refractivity contribution in [2.45, 2.75) is 206 Å². The van der Waals surface area contributed by atoms with E-state index in [2.05, 4.69) is 20.8 Å². The van der Waals surface area contributed by atoms with Crippen molar-refractivity contribution in [1.82, 2.24) is 0 Å². The Morgan fingerprint density at radius 3 is 1.66 bits per heavy atom. The van der Waals surface area contributed by atoms with Crippen LogP contribution in [0.1, 0.15) is 188 Å². The number of ether oxygens (including phenoxy) is 2. The second-order valence-electron chi connectivity index (χ2n) is 15.4. The molecule has 0 aromatic rings. The predicted octanol–water partition coefficient (Wildman–Crippen LogP) is 9.35. The largest absolute Gasteiger partial charge is 0.463 e. The Hall–Kier alpha value is -1.77. The average molecular weight is 709 g/mol. The summed E-state index contributed by atoms with van der Waals surface area (Å²) in [6.07, 6.45) is 27.4. The molecule has 0 unspecified atom stereocenters. The number of hydrogen-bond donors (Lipinski definition) is 3. The van der Waals surface area contributed by atoms with Gasteiger partial charge in [0.25, 0.3) is 0 Å². The van der Waals surface area contributed by atoms with E-state index < -0.39 is 18.3 Å². The van der Waals surface area contributed by atoms with Crippen molar-refractivity contribution in [2.75, 3.05) is 13.2 Å². The van der Waals surface area contributed by atoms with Crippen LogP contribution in [0.3, 0.4) is 0 Å². The molecule has 0 aromatic carbocycles. The molecule has 1 aliphatic carbocycles. The van der Waals surface area contributed by atoms with Crippen LogP contribution in [0.2, 0.25) is 0 Å². The molecule has 0 saturated heterocycles. The molecule has 1 fully saturated rings. The van der Waals surface area contributed by atoms with E-state index in [1.54, 1.807) is 6.08 Å². The van der Waals surface area contributed by atoms with Gasteiger partial charge in [-0.3, -0.25) is 14.4 Å². The molecule has 292 valence electrons. The fourth-order valence-corrected chi connectivity index (χ4v) is 6.87. The van der Waals surface area contributed by atoms with Gasteiger partial charge in [0.1, 0.15) is 25.1 Å². The molecular weight excluding hydrogens is 632 g/mol. The summed E-state index contributed by atoms with van der Waals surface area (Å²) in [6.45, 7) is 6.35. The number of aliphatic hydroxyl groups excluding tert-OH is 3. The zero-order chi connectivity index (χ0) is 36.8. The van der Waals surface area contributed by atoms with Gasteiger partial charge in [0.15, 0.2) is 0 Å². The van der Waals surface area contributed by atoms with Crippen molar-refractivity contribution >= 4 is 17.7 Å². The lowest BCUT2D eigenvalue weighted by atomic mass is 9.88. The van der Waals surface area contributed by atoms with Gasteiger partial charge in [0.2, 0.25) is 0 Å². The highest BCUT2D eigenvalue weighted by atomic mass is 16.6. The van der Waals surface area contributed by atoms with Crippen LogP contribution in [0.15, 0.2) is 12.2 Å². The summed E-state index contributed by atoms with van der Waals surface area (Å²) in [4.78, 5) is 36.6. The van der Waals surface area contributed by atoms with Gasteiger partial charge in [-0.05, 0) is 31.6 Å². The molecule has 0 radical (unpaired) electrons. The van der Waals surface area contributed by atoms with Crippen LogP contribution < -0.4 is 0 Å². The number of carbonyl (C=O) groups is 3. The smallest absolute Gasteiger partial charge is 0.305 e. The van der Waals surface area contributed by atoms with E-state index in [-0.39, 0.29) is 55.6 Å². The average Bonchev–Trinajstić information content (AvgIpc) is 3.35. The van der Waals surface area contributed by atoms with Crippen LogP contribution in [0.5, 0.6) is 0 Å². The summed E-state index contributed by atoms with van der Waals surface area (Å²) in [7, 11) is 0. The molecule has 0 aliphatic heterocycles. The first-order valence-corrected chi connectivity index (χ1v) is 20.7. The van der Waals surface area contributed by atoms with Crippen molar-refractivity contribution in [3.05, 3.63) is 12.2 Å². The highest BCUT2D eigenvalue weighted by Crippen LogP contribution is 2.34. The Balaban J connectivity index is 1.99.